The van der Waals surface area contributed by atoms with Gasteiger partial charge in [0.2, 0.25) is 11.8 Å². The number of rotatable bonds is 2. The fourth-order valence-corrected chi connectivity index (χ4v) is 3.09. The Morgan fingerprint density at radius 3 is 2.54 bits per heavy atom. The standard InChI is InChI=1S/C17H13FN4O3S/c1-9(23)19-17-20-16(25)14(26-17)7-12-8-22(10(2)24)21-15(12)11-3-5-13(18)6-4-11/h3-8H,1-2H3,(H,19,20,23,25)/b14-7-. The Kier molecular flexibility index (Phi) is 4.81. The van der Waals surface area contributed by atoms with Crippen LogP contribution in [0.3, 0.4) is 0 Å². The van der Waals surface area contributed by atoms with Crippen molar-refractivity contribution in [2.24, 2.45) is 4.99 Å². The molecule has 1 aromatic heterocycles. The van der Waals surface area contributed by atoms with Crippen LogP contribution in [0.2, 0.25) is 0 Å². The van der Waals surface area contributed by atoms with E-state index in [9.17, 15) is 18.8 Å². The summed E-state index contributed by atoms with van der Waals surface area (Å²) in [6, 6.07) is 5.64. The van der Waals surface area contributed by atoms with Gasteiger partial charge in [-0.3, -0.25) is 14.4 Å². The van der Waals surface area contributed by atoms with Crippen molar-refractivity contribution >= 4 is 40.7 Å². The van der Waals surface area contributed by atoms with Gasteiger partial charge < -0.3 is 5.32 Å². The van der Waals surface area contributed by atoms with Gasteiger partial charge in [-0.2, -0.15) is 10.1 Å². The SMILES string of the molecule is CC(=O)NC1=NC(=O)/C(=C/c2cn(C(C)=O)nc2-c2ccc(F)cc2)S1. The normalized spacial score (nSPS) is 15.3. The van der Waals surface area contributed by atoms with Gasteiger partial charge in [-0.1, -0.05) is 0 Å². The van der Waals surface area contributed by atoms with E-state index in [-0.39, 0.29) is 21.9 Å². The molecule has 0 saturated carbocycles. The molecule has 3 rings (SSSR count). The molecule has 0 atom stereocenters. The predicted octanol–water partition coefficient (Wildman–Crippen LogP) is 2.46. The Hall–Kier alpha value is -3.07. The lowest BCUT2D eigenvalue weighted by atomic mass is 10.1. The van der Waals surface area contributed by atoms with Crippen LogP contribution in [-0.4, -0.2) is 32.7 Å². The number of aliphatic imine (C=N–C) groups is 1. The molecule has 0 saturated heterocycles. The summed E-state index contributed by atoms with van der Waals surface area (Å²) in [5, 5.41) is 6.87. The molecule has 0 radical (unpaired) electrons. The number of benzene rings is 1. The molecule has 1 aliphatic heterocycles. The molecule has 2 aromatic rings. The lowest BCUT2D eigenvalue weighted by molar-refractivity contribution is -0.117. The molecule has 0 spiro atoms. The van der Waals surface area contributed by atoms with E-state index in [1.807, 2.05) is 0 Å². The minimum absolute atomic E-state index is 0.191. The second-order valence-corrected chi connectivity index (χ2v) is 6.45. The Bertz CT molecular complexity index is 976. The molecule has 0 bridgehead atoms. The van der Waals surface area contributed by atoms with Gasteiger partial charge in [-0.05, 0) is 42.1 Å². The molecule has 26 heavy (non-hydrogen) atoms. The molecule has 1 aromatic carbocycles. The summed E-state index contributed by atoms with van der Waals surface area (Å²) in [5.41, 5.74) is 1.52. The third-order valence-electron chi connectivity index (χ3n) is 3.37. The Morgan fingerprint density at radius 2 is 1.92 bits per heavy atom. The topological polar surface area (TPSA) is 93.4 Å². The van der Waals surface area contributed by atoms with Crippen LogP contribution in [0.4, 0.5) is 4.39 Å². The maximum Gasteiger partial charge on any atom is 0.286 e. The first-order chi connectivity index (χ1) is 12.3. The van der Waals surface area contributed by atoms with Crippen LogP contribution in [0.1, 0.15) is 24.2 Å². The number of nitrogens with zero attached hydrogens (tertiary/aromatic N) is 3. The van der Waals surface area contributed by atoms with E-state index in [1.54, 1.807) is 0 Å². The van der Waals surface area contributed by atoms with Crippen molar-refractivity contribution in [2.75, 3.05) is 0 Å². The molecular formula is C17H13FN4O3S. The Balaban J connectivity index is 2.00. The molecule has 0 aliphatic carbocycles. The van der Waals surface area contributed by atoms with Crippen LogP contribution < -0.4 is 5.32 Å². The molecule has 9 heteroatoms. The maximum atomic E-state index is 13.2. The minimum atomic E-state index is -0.501. The highest BCUT2D eigenvalue weighted by Gasteiger charge is 2.24. The first-order valence-corrected chi connectivity index (χ1v) is 8.32. The third kappa shape index (κ3) is 3.77. The molecule has 2 heterocycles. The highest BCUT2D eigenvalue weighted by Crippen LogP contribution is 2.31. The number of nitrogens with one attached hydrogen (secondary N) is 1. The zero-order chi connectivity index (χ0) is 18.8. The van der Waals surface area contributed by atoms with Crippen LogP contribution in [0.15, 0.2) is 40.4 Å². The molecule has 7 nitrogen and oxygen atoms in total. The first-order valence-electron chi connectivity index (χ1n) is 7.50. The van der Waals surface area contributed by atoms with Crippen LogP contribution in [0.25, 0.3) is 17.3 Å². The number of carbonyl (C=O) groups is 3. The number of hydrogen-bond acceptors (Lipinski definition) is 5. The first kappa shape index (κ1) is 17.7. The number of aromatic nitrogens is 2. The van der Waals surface area contributed by atoms with E-state index >= 15 is 0 Å². The number of thioether (sulfide) groups is 1. The second kappa shape index (κ2) is 7.04. The molecule has 2 amide bonds. The van der Waals surface area contributed by atoms with Gasteiger partial charge in [-0.15, -0.1) is 0 Å². The van der Waals surface area contributed by atoms with E-state index in [0.29, 0.717) is 16.8 Å². The van der Waals surface area contributed by atoms with Crippen LogP contribution in [0, 0.1) is 5.82 Å². The van der Waals surface area contributed by atoms with Crippen molar-refractivity contribution in [3.63, 3.8) is 0 Å². The van der Waals surface area contributed by atoms with Gasteiger partial charge in [-0.25, -0.2) is 9.07 Å². The summed E-state index contributed by atoms with van der Waals surface area (Å²) in [6.07, 6.45) is 3.02. The van der Waals surface area contributed by atoms with E-state index < -0.39 is 11.7 Å². The second-order valence-electron chi connectivity index (χ2n) is 5.42. The van der Waals surface area contributed by atoms with Crippen LogP contribution in [0.5, 0.6) is 0 Å². The quantitative estimate of drug-likeness (QED) is 0.818. The summed E-state index contributed by atoms with van der Waals surface area (Å²) in [7, 11) is 0. The average Bonchev–Trinajstić information content (AvgIpc) is 3.12. The highest BCUT2D eigenvalue weighted by atomic mass is 32.2. The fourth-order valence-electron chi connectivity index (χ4n) is 2.24. The monoisotopic (exact) mass is 372 g/mol. The molecule has 0 unspecified atom stereocenters. The number of amidine groups is 1. The zero-order valence-corrected chi connectivity index (χ0v) is 14.6. The lowest BCUT2D eigenvalue weighted by Crippen LogP contribution is -2.23. The minimum Gasteiger partial charge on any atom is -0.305 e. The average molecular weight is 372 g/mol. The van der Waals surface area contributed by atoms with E-state index in [1.165, 1.54) is 50.4 Å². The molecule has 132 valence electrons. The molecule has 1 aliphatic rings. The summed E-state index contributed by atoms with van der Waals surface area (Å²) in [4.78, 5) is 38.8. The number of amides is 2. The molecule has 1 N–H and O–H groups in total. The Labute approximate surface area is 152 Å². The van der Waals surface area contributed by atoms with Crippen molar-refractivity contribution in [1.82, 2.24) is 15.1 Å². The third-order valence-corrected chi connectivity index (χ3v) is 4.27. The molecule has 0 fully saturated rings. The van der Waals surface area contributed by atoms with Gasteiger partial charge in [0, 0.05) is 31.2 Å². The van der Waals surface area contributed by atoms with Gasteiger partial charge in [0.15, 0.2) is 5.17 Å². The van der Waals surface area contributed by atoms with Gasteiger partial charge in [0.1, 0.15) is 11.5 Å². The summed E-state index contributed by atoms with van der Waals surface area (Å²) in [5.74, 6) is -1.53. The van der Waals surface area contributed by atoms with E-state index in [4.69, 9.17) is 0 Å². The van der Waals surface area contributed by atoms with Crippen LogP contribution in [-0.2, 0) is 9.59 Å². The number of carbonyl (C=O) groups excluding carboxylic acids is 3. The smallest absolute Gasteiger partial charge is 0.286 e. The summed E-state index contributed by atoms with van der Waals surface area (Å²) in [6.45, 7) is 2.67. The highest BCUT2D eigenvalue weighted by molar-refractivity contribution is 8.18. The predicted molar refractivity (Wildman–Crippen MR) is 95.7 cm³/mol. The van der Waals surface area contributed by atoms with Gasteiger partial charge in [0.05, 0.1) is 4.91 Å². The zero-order valence-electron chi connectivity index (χ0n) is 13.8. The van der Waals surface area contributed by atoms with Gasteiger partial charge in [0.25, 0.3) is 5.91 Å². The van der Waals surface area contributed by atoms with Crippen molar-refractivity contribution in [2.45, 2.75) is 13.8 Å². The maximum absolute atomic E-state index is 13.2. The van der Waals surface area contributed by atoms with Crippen molar-refractivity contribution in [3.8, 4) is 11.3 Å². The summed E-state index contributed by atoms with van der Waals surface area (Å²) >= 11 is 1.01. The number of halogens is 1. The fraction of sp³-hybridized carbons (Fsp3) is 0.118. The summed E-state index contributed by atoms with van der Waals surface area (Å²) < 4.78 is 14.3. The van der Waals surface area contributed by atoms with E-state index in [2.05, 4.69) is 15.4 Å². The van der Waals surface area contributed by atoms with Crippen molar-refractivity contribution in [1.29, 1.82) is 0 Å². The van der Waals surface area contributed by atoms with Gasteiger partial charge >= 0.3 is 0 Å². The van der Waals surface area contributed by atoms with Crippen molar-refractivity contribution < 1.29 is 18.8 Å². The van der Waals surface area contributed by atoms with E-state index in [0.717, 1.165) is 16.4 Å². The Morgan fingerprint density at radius 1 is 1.23 bits per heavy atom. The van der Waals surface area contributed by atoms with Crippen LogP contribution >= 0.6 is 11.8 Å². The number of hydrogen-bond donors (Lipinski definition) is 1. The lowest BCUT2D eigenvalue weighted by Gasteiger charge is -2.00. The van der Waals surface area contributed by atoms with Crippen molar-refractivity contribution in [3.05, 3.63) is 46.7 Å². The molecular weight excluding hydrogens is 359 g/mol. The largest absolute Gasteiger partial charge is 0.305 e.